The number of para-hydroxylation sites is 2. The van der Waals surface area contributed by atoms with Crippen LogP contribution in [0.1, 0.15) is 16.7 Å². The Morgan fingerprint density at radius 3 is 1.61 bits per heavy atom. The summed E-state index contributed by atoms with van der Waals surface area (Å²) in [4.78, 5) is 59.2. The lowest BCUT2D eigenvalue weighted by Gasteiger charge is -2.25. The van der Waals surface area contributed by atoms with E-state index in [1.165, 1.54) is 0 Å². The van der Waals surface area contributed by atoms with E-state index in [0.717, 1.165) is 38.5 Å². The second kappa shape index (κ2) is 14.8. The van der Waals surface area contributed by atoms with E-state index in [4.69, 9.17) is 5.73 Å². The first-order valence-corrected chi connectivity index (χ1v) is 15.5. The van der Waals surface area contributed by atoms with Gasteiger partial charge in [0, 0.05) is 59.2 Å². The summed E-state index contributed by atoms with van der Waals surface area (Å²) in [5.41, 5.74) is 9.89. The van der Waals surface area contributed by atoms with E-state index in [9.17, 15) is 24.3 Å². The van der Waals surface area contributed by atoms with Crippen molar-refractivity contribution in [2.24, 2.45) is 5.73 Å². The first-order chi connectivity index (χ1) is 22.2. The molecule has 12 heteroatoms. The predicted octanol–water partition coefficient (Wildman–Crippen LogP) is 2.47. The molecule has 0 saturated heterocycles. The summed E-state index contributed by atoms with van der Waals surface area (Å²) in [7, 11) is 0. The number of nitrogens with two attached hydrogens (primary N) is 1. The second-order valence-electron chi connectivity index (χ2n) is 11.1. The molecule has 238 valence electrons. The SMILES string of the molecule is NC(CS)C(=O)NC(Cc1c[nH]c2ccccc12)C(=O)NC(Cc1c[nH]c2ccccc12)C(=O)NC(Cc1ccccc1)C(=O)O. The summed E-state index contributed by atoms with van der Waals surface area (Å²) in [6.45, 7) is 0. The van der Waals surface area contributed by atoms with E-state index < -0.39 is 47.9 Å². The number of aromatic amines is 2. The van der Waals surface area contributed by atoms with Gasteiger partial charge in [0.15, 0.2) is 0 Å². The van der Waals surface area contributed by atoms with Crippen molar-refractivity contribution in [1.29, 1.82) is 0 Å². The van der Waals surface area contributed by atoms with Crippen molar-refractivity contribution in [3.63, 3.8) is 0 Å². The van der Waals surface area contributed by atoms with Gasteiger partial charge < -0.3 is 36.8 Å². The molecule has 46 heavy (non-hydrogen) atoms. The molecule has 8 N–H and O–H groups in total. The molecule has 5 rings (SSSR count). The first-order valence-electron chi connectivity index (χ1n) is 14.9. The Kier molecular flexibility index (Phi) is 10.4. The lowest BCUT2D eigenvalue weighted by Crippen LogP contribution is -2.58. The molecule has 0 radical (unpaired) electrons. The van der Waals surface area contributed by atoms with Gasteiger partial charge >= 0.3 is 5.97 Å². The van der Waals surface area contributed by atoms with E-state index in [1.807, 2.05) is 54.6 Å². The molecule has 0 aliphatic carbocycles. The number of carbonyl (C=O) groups is 4. The molecule has 4 unspecified atom stereocenters. The van der Waals surface area contributed by atoms with Crippen LogP contribution < -0.4 is 21.7 Å². The number of hydrogen-bond acceptors (Lipinski definition) is 6. The maximum atomic E-state index is 14.0. The molecule has 0 bridgehead atoms. The molecule has 0 fully saturated rings. The topological polar surface area (TPSA) is 182 Å². The number of hydrogen-bond donors (Lipinski definition) is 8. The molecule has 0 aliphatic heterocycles. The number of aromatic nitrogens is 2. The molecule has 3 aromatic carbocycles. The predicted molar refractivity (Wildman–Crippen MR) is 179 cm³/mol. The third kappa shape index (κ3) is 7.76. The highest BCUT2D eigenvalue weighted by molar-refractivity contribution is 7.80. The fourth-order valence-corrected chi connectivity index (χ4v) is 5.58. The van der Waals surface area contributed by atoms with Crippen LogP contribution in [0.3, 0.4) is 0 Å². The Balaban J connectivity index is 1.43. The van der Waals surface area contributed by atoms with E-state index in [1.54, 1.807) is 36.7 Å². The molecule has 3 amide bonds. The number of fused-ring (bicyclic) bond motifs is 2. The minimum absolute atomic E-state index is 0.0521. The highest BCUT2D eigenvalue weighted by atomic mass is 32.1. The molecule has 2 aromatic heterocycles. The average Bonchev–Trinajstić information content (AvgIpc) is 3.67. The number of H-pyrrole nitrogens is 2. The minimum Gasteiger partial charge on any atom is -0.480 e. The molecule has 5 aromatic rings. The number of nitrogens with one attached hydrogen (secondary N) is 5. The first kappa shape index (κ1) is 32.3. The van der Waals surface area contributed by atoms with Crippen molar-refractivity contribution in [3.05, 3.63) is 108 Å². The zero-order valence-electron chi connectivity index (χ0n) is 24.9. The maximum absolute atomic E-state index is 14.0. The van der Waals surface area contributed by atoms with Gasteiger partial charge in [-0.3, -0.25) is 14.4 Å². The molecule has 0 aliphatic rings. The van der Waals surface area contributed by atoms with Gasteiger partial charge in [-0.25, -0.2) is 4.79 Å². The summed E-state index contributed by atoms with van der Waals surface area (Å²) < 4.78 is 0. The third-order valence-electron chi connectivity index (χ3n) is 7.89. The Labute approximate surface area is 270 Å². The second-order valence-corrected chi connectivity index (χ2v) is 11.5. The van der Waals surface area contributed by atoms with Crippen LogP contribution >= 0.6 is 12.6 Å². The Bertz CT molecular complexity index is 1840. The number of aliphatic carboxylic acids is 1. The number of carboxylic acid groups (broad SMARTS) is 1. The van der Waals surface area contributed by atoms with Crippen LogP contribution in [0.5, 0.6) is 0 Å². The summed E-state index contributed by atoms with van der Waals surface area (Å²) >= 11 is 4.12. The van der Waals surface area contributed by atoms with Crippen molar-refractivity contribution in [2.75, 3.05) is 5.75 Å². The average molecular weight is 641 g/mol. The monoisotopic (exact) mass is 640 g/mol. The number of rotatable bonds is 14. The smallest absolute Gasteiger partial charge is 0.326 e. The van der Waals surface area contributed by atoms with Crippen molar-refractivity contribution in [1.82, 2.24) is 25.9 Å². The summed E-state index contributed by atoms with van der Waals surface area (Å²) in [6.07, 6.45) is 3.74. The van der Waals surface area contributed by atoms with Gasteiger partial charge in [-0.15, -0.1) is 0 Å². The fourth-order valence-electron chi connectivity index (χ4n) is 5.42. The number of benzene rings is 3. The van der Waals surface area contributed by atoms with E-state index in [0.29, 0.717) is 0 Å². The minimum atomic E-state index is -1.24. The van der Waals surface area contributed by atoms with Crippen LogP contribution in [0.2, 0.25) is 0 Å². The fraction of sp³-hybridized carbons (Fsp3) is 0.235. The number of carbonyl (C=O) groups excluding carboxylic acids is 3. The molecule has 4 atom stereocenters. The quantitative estimate of drug-likeness (QED) is 0.0863. The highest BCUT2D eigenvalue weighted by Crippen LogP contribution is 2.21. The van der Waals surface area contributed by atoms with Gasteiger partial charge in [0.2, 0.25) is 17.7 Å². The zero-order chi connectivity index (χ0) is 32.6. The van der Waals surface area contributed by atoms with Gasteiger partial charge in [-0.05, 0) is 28.8 Å². The van der Waals surface area contributed by atoms with E-state index in [-0.39, 0.29) is 25.0 Å². The van der Waals surface area contributed by atoms with Crippen LogP contribution in [0.25, 0.3) is 21.8 Å². The number of carboxylic acids is 1. The number of amides is 3. The van der Waals surface area contributed by atoms with Crippen molar-refractivity contribution in [3.8, 4) is 0 Å². The lowest BCUT2D eigenvalue weighted by atomic mass is 10.0. The van der Waals surface area contributed by atoms with Crippen LogP contribution in [0, 0.1) is 0 Å². The Hall–Kier alpha value is -5.07. The van der Waals surface area contributed by atoms with Gasteiger partial charge in [0.1, 0.15) is 18.1 Å². The van der Waals surface area contributed by atoms with Gasteiger partial charge in [0.05, 0.1) is 6.04 Å². The summed E-state index contributed by atoms with van der Waals surface area (Å²) in [5, 5.41) is 19.9. The van der Waals surface area contributed by atoms with Crippen LogP contribution in [-0.4, -0.2) is 68.7 Å². The van der Waals surface area contributed by atoms with Crippen molar-refractivity contribution in [2.45, 2.75) is 43.4 Å². The summed E-state index contributed by atoms with van der Waals surface area (Å²) in [6, 6.07) is 19.6. The Morgan fingerprint density at radius 1 is 0.652 bits per heavy atom. The zero-order valence-corrected chi connectivity index (χ0v) is 25.8. The number of thiol groups is 1. The van der Waals surface area contributed by atoms with Crippen LogP contribution in [-0.2, 0) is 38.4 Å². The van der Waals surface area contributed by atoms with E-state index in [2.05, 4.69) is 38.5 Å². The highest BCUT2D eigenvalue weighted by Gasteiger charge is 2.31. The molecule has 11 nitrogen and oxygen atoms in total. The van der Waals surface area contributed by atoms with Crippen molar-refractivity contribution < 1.29 is 24.3 Å². The normalized spacial score (nSPS) is 13.9. The van der Waals surface area contributed by atoms with Crippen LogP contribution in [0.15, 0.2) is 91.3 Å². The van der Waals surface area contributed by atoms with Gasteiger partial charge in [-0.2, -0.15) is 12.6 Å². The van der Waals surface area contributed by atoms with Crippen molar-refractivity contribution >= 4 is 58.1 Å². The molecule has 0 saturated carbocycles. The summed E-state index contributed by atoms with van der Waals surface area (Å²) in [5.74, 6) is -3.01. The largest absolute Gasteiger partial charge is 0.480 e. The van der Waals surface area contributed by atoms with Gasteiger partial charge in [0.25, 0.3) is 0 Å². The van der Waals surface area contributed by atoms with Gasteiger partial charge in [-0.1, -0.05) is 66.7 Å². The molecular weight excluding hydrogens is 604 g/mol. The standard InChI is InChI=1S/C34H36N6O5S/c35-25(19-46)31(41)38-28(15-21-17-36-26-12-6-4-10-23(21)26)32(42)39-29(16-22-18-37-27-13-7-5-11-24(22)27)33(43)40-30(34(44)45)14-20-8-2-1-3-9-20/h1-13,17-18,25,28-30,36-37,46H,14-16,19,35H2,(H,38,41)(H,39,42)(H,40,43)(H,44,45). The maximum Gasteiger partial charge on any atom is 0.326 e. The van der Waals surface area contributed by atoms with Crippen LogP contribution in [0.4, 0.5) is 0 Å². The lowest BCUT2D eigenvalue weighted by molar-refractivity contribution is -0.142. The van der Waals surface area contributed by atoms with E-state index >= 15 is 0 Å². The molecule has 0 spiro atoms. The Morgan fingerprint density at radius 2 is 1.11 bits per heavy atom. The third-order valence-corrected chi connectivity index (χ3v) is 8.29. The molecule has 2 heterocycles. The molecular formula is C34H36N6O5S.